The van der Waals surface area contributed by atoms with E-state index in [1.165, 1.54) is 0 Å². The van der Waals surface area contributed by atoms with E-state index in [4.69, 9.17) is 9.47 Å². The Morgan fingerprint density at radius 3 is 2.47 bits per heavy atom. The van der Waals surface area contributed by atoms with Gasteiger partial charge >= 0.3 is 0 Å². The van der Waals surface area contributed by atoms with Crippen LogP contribution >= 0.6 is 0 Å². The lowest BCUT2D eigenvalue weighted by atomic mass is 10.1. The molecule has 9 heteroatoms. The Morgan fingerprint density at radius 1 is 0.944 bits per heavy atom. The van der Waals surface area contributed by atoms with Crippen LogP contribution in [0, 0.1) is 0 Å². The summed E-state index contributed by atoms with van der Waals surface area (Å²) in [5.74, 6) is 0.0164. The van der Waals surface area contributed by atoms with Gasteiger partial charge in [-0.25, -0.2) is 0 Å². The van der Waals surface area contributed by atoms with Crippen LogP contribution in [-0.4, -0.2) is 74.2 Å². The van der Waals surface area contributed by atoms with Crippen molar-refractivity contribution in [3.05, 3.63) is 54.1 Å². The number of carbonyl (C=O) groups is 3. The summed E-state index contributed by atoms with van der Waals surface area (Å²) in [6.45, 7) is 2.35. The molecule has 0 spiro atoms. The van der Waals surface area contributed by atoms with Crippen molar-refractivity contribution in [3.63, 3.8) is 0 Å². The van der Waals surface area contributed by atoms with Gasteiger partial charge in [-0.1, -0.05) is 37.1 Å². The van der Waals surface area contributed by atoms with Crippen LogP contribution in [0.15, 0.2) is 48.5 Å². The van der Waals surface area contributed by atoms with Crippen molar-refractivity contribution in [2.24, 2.45) is 0 Å². The number of benzene rings is 2. The third-order valence-electron chi connectivity index (χ3n) is 6.93. The molecule has 36 heavy (non-hydrogen) atoms. The van der Waals surface area contributed by atoms with Gasteiger partial charge in [-0.3, -0.25) is 14.4 Å². The molecule has 2 N–H and O–H groups in total. The molecule has 2 aromatic rings. The summed E-state index contributed by atoms with van der Waals surface area (Å²) in [6.07, 6.45) is 3.51. The van der Waals surface area contributed by atoms with Crippen molar-refractivity contribution >= 4 is 29.1 Å². The van der Waals surface area contributed by atoms with Crippen molar-refractivity contribution in [2.75, 3.05) is 49.6 Å². The fraction of sp³-hybridized carbons (Fsp3) is 0.444. The monoisotopic (exact) mass is 492 g/mol. The van der Waals surface area contributed by atoms with Crippen LogP contribution in [0.3, 0.4) is 0 Å². The first-order chi connectivity index (χ1) is 17.6. The van der Waals surface area contributed by atoms with Crippen LogP contribution in [0.25, 0.3) is 0 Å². The summed E-state index contributed by atoms with van der Waals surface area (Å²) in [5.41, 5.74) is 1.67. The van der Waals surface area contributed by atoms with Crippen LogP contribution in [0.2, 0.25) is 0 Å². The standard InChI is InChI=1S/C27H32N4O5/c32-25(29-21-10-4-3-9-20(21)26(33)28-19-7-1-2-8-19)18-31-17-24(27(34)30-13-15-35-16-14-30)36-23-12-6-5-11-22(23)31/h3-6,9-12,19,24H,1-2,7-8,13-18H2,(H,28,33)(H,29,32). The zero-order chi connectivity index (χ0) is 24.9. The minimum atomic E-state index is -0.713. The Bertz CT molecular complexity index is 1110. The lowest BCUT2D eigenvalue weighted by Gasteiger charge is -2.38. The summed E-state index contributed by atoms with van der Waals surface area (Å²) in [7, 11) is 0. The number of morpholine rings is 1. The molecule has 1 aliphatic carbocycles. The minimum Gasteiger partial charge on any atom is -0.477 e. The molecule has 1 unspecified atom stereocenters. The van der Waals surface area contributed by atoms with E-state index < -0.39 is 6.10 Å². The van der Waals surface area contributed by atoms with Gasteiger partial charge in [-0.2, -0.15) is 0 Å². The summed E-state index contributed by atoms with van der Waals surface area (Å²) >= 11 is 0. The van der Waals surface area contributed by atoms with Crippen LogP contribution < -0.4 is 20.3 Å². The van der Waals surface area contributed by atoms with E-state index in [9.17, 15) is 14.4 Å². The lowest BCUT2D eigenvalue weighted by molar-refractivity contribution is -0.142. The van der Waals surface area contributed by atoms with E-state index in [1.54, 1.807) is 29.2 Å². The first-order valence-corrected chi connectivity index (χ1v) is 12.7. The van der Waals surface area contributed by atoms with Crippen molar-refractivity contribution in [1.29, 1.82) is 0 Å². The fourth-order valence-electron chi connectivity index (χ4n) is 5.06. The Morgan fingerprint density at radius 2 is 1.67 bits per heavy atom. The number of hydrogen-bond donors (Lipinski definition) is 2. The average molecular weight is 493 g/mol. The highest BCUT2D eigenvalue weighted by atomic mass is 16.5. The number of nitrogens with zero attached hydrogens (tertiary/aromatic N) is 2. The number of hydrogen-bond acceptors (Lipinski definition) is 6. The smallest absolute Gasteiger partial charge is 0.265 e. The topological polar surface area (TPSA) is 100 Å². The molecule has 190 valence electrons. The number of para-hydroxylation sites is 3. The molecule has 2 aliphatic heterocycles. The van der Waals surface area contributed by atoms with Crippen molar-refractivity contribution < 1.29 is 23.9 Å². The van der Waals surface area contributed by atoms with Crippen LogP contribution in [0.5, 0.6) is 5.75 Å². The number of amides is 3. The molecule has 0 bridgehead atoms. The van der Waals surface area contributed by atoms with E-state index in [-0.39, 0.29) is 36.9 Å². The number of anilines is 2. The van der Waals surface area contributed by atoms with E-state index >= 15 is 0 Å². The van der Waals surface area contributed by atoms with Crippen molar-refractivity contribution in [1.82, 2.24) is 10.2 Å². The quantitative estimate of drug-likeness (QED) is 0.643. The maximum Gasteiger partial charge on any atom is 0.265 e. The van der Waals surface area contributed by atoms with Gasteiger partial charge in [0.15, 0.2) is 6.10 Å². The van der Waals surface area contributed by atoms with Gasteiger partial charge in [0.05, 0.1) is 43.2 Å². The number of rotatable bonds is 6. The number of nitrogens with one attached hydrogen (secondary N) is 2. The second-order valence-electron chi connectivity index (χ2n) is 9.44. The molecule has 1 saturated carbocycles. The van der Waals surface area contributed by atoms with Crippen LogP contribution in [0.4, 0.5) is 11.4 Å². The van der Waals surface area contributed by atoms with Crippen molar-refractivity contribution in [2.45, 2.75) is 37.8 Å². The second-order valence-corrected chi connectivity index (χ2v) is 9.44. The normalized spacial score (nSPS) is 19.8. The van der Waals surface area contributed by atoms with E-state index in [1.807, 2.05) is 29.2 Å². The van der Waals surface area contributed by atoms with E-state index in [0.29, 0.717) is 43.3 Å². The maximum atomic E-state index is 13.2. The summed E-state index contributed by atoms with van der Waals surface area (Å²) in [5, 5.41) is 5.99. The Hall–Kier alpha value is -3.59. The Kier molecular flexibility index (Phi) is 7.36. The van der Waals surface area contributed by atoms with Crippen molar-refractivity contribution in [3.8, 4) is 5.75 Å². The third-order valence-corrected chi connectivity index (χ3v) is 6.93. The predicted molar refractivity (Wildman–Crippen MR) is 135 cm³/mol. The summed E-state index contributed by atoms with van der Waals surface area (Å²) in [6, 6.07) is 14.6. The van der Waals surface area contributed by atoms with E-state index in [0.717, 1.165) is 31.4 Å². The number of carbonyl (C=O) groups excluding carboxylic acids is 3. The Balaban J connectivity index is 1.28. The third kappa shape index (κ3) is 5.46. The zero-order valence-corrected chi connectivity index (χ0v) is 20.3. The molecule has 0 radical (unpaired) electrons. The largest absolute Gasteiger partial charge is 0.477 e. The van der Waals surface area contributed by atoms with Gasteiger partial charge in [-0.15, -0.1) is 0 Å². The molecule has 1 saturated heterocycles. The molecular weight excluding hydrogens is 460 g/mol. The van der Waals surface area contributed by atoms with Gasteiger partial charge in [0.1, 0.15) is 5.75 Å². The average Bonchev–Trinajstić information content (AvgIpc) is 3.42. The first-order valence-electron chi connectivity index (χ1n) is 12.7. The second kappa shape index (κ2) is 11.0. The minimum absolute atomic E-state index is 0.0197. The molecule has 0 aromatic heterocycles. The van der Waals surface area contributed by atoms with Gasteiger partial charge in [0.25, 0.3) is 11.8 Å². The lowest BCUT2D eigenvalue weighted by Crippen LogP contribution is -2.53. The SMILES string of the molecule is O=C(CN1CC(C(=O)N2CCOCC2)Oc2ccccc21)Nc1ccccc1C(=O)NC1CCCC1. The molecule has 3 aliphatic rings. The number of fused-ring (bicyclic) bond motifs is 1. The molecule has 5 rings (SSSR count). The van der Waals surface area contributed by atoms with Crippen LogP contribution in [0.1, 0.15) is 36.0 Å². The van der Waals surface area contributed by atoms with Crippen LogP contribution in [-0.2, 0) is 14.3 Å². The maximum absolute atomic E-state index is 13.2. The highest BCUT2D eigenvalue weighted by Crippen LogP contribution is 2.33. The first kappa shape index (κ1) is 24.1. The van der Waals surface area contributed by atoms with Gasteiger partial charge in [-0.05, 0) is 37.1 Å². The predicted octanol–water partition coefficient (Wildman–Crippen LogP) is 2.42. The van der Waals surface area contributed by atoms with Gasteiger partial charge in [0.2, 0.25) is 5.91 Å². The van der Waals surface area contributed by atoms with Gasteiger partial charge < -0.3 is 29.9 Å². The Labute approximate surface area is 210 Å². The highest BCUT2D eigenvalue weighted by Gasteiger charge is 2.34. The van der Waals surface area contributed by atoms with Gasteiger partial charge in [0, 0.05) is 19.1 Å². The molecule has 2 heterocycles. The van der Waals surface area contributed by atoms with E-state index in [2.05, 4.69) is 10.6 Å². The molecule has 2 fully saturated rings. The molecule has 3 amide bonds. The zero-order valence-electron chi connectivity index (χ0n) is 20.3. The molecule has 1 atom stereocenters. The highest BCUT2D eigenvalue weighted by molar-refractivity contribution is 6.04. The molecule has 2 aromatic carbocycles. The summed E-state index contributed by atoms with van der Waals surface area (Å²) in [4.78, 5) is 42.8. The number of ether oxygens (including phenoxy) is 2. The molecular formula is C27H32N4O5. The molecule has 9 nitrogen and oxygen atoms in total. The summed E-state index contributed by atoms with van der Waals surface area (Å²) < 4.78 is 11.4. The fourth-order valence-corrected chi connectivity index (χ4v) is 5.06.